The minimum Gasteiger partial charge on any atom is -0.497 e. The molecule has 0 saturated carbocycles. The van der Waals surface area contributed by atoms with Gasteiger partial charge in [-0.15, -0.1) is 11.8 Å². The predicted octanol–water partition coefficient (Wildman–Crippen LogP) is 2.70. The summed E-state index contributed by atoms with van der Waals surface area (Å²) < 4.78 is 15.3. The molecule has 2 N–H and O–H groups in total. The summed E-state index contributed by atoms with van der Waals surface area (Å²) >= 11 is 1.21. The number of aryl methyl sites for hydroxylation is 1. The second kappa shape index (κ2) is 9.14. The van der Waals surface area contributed by atoms with Crippen molar-refractivity contribution >= 4 is 35.1 Å². The van der Waals surface area contributed by atoms with Crippen LogP contribution >= 0.6 is 11.8 Å². The monoisotopic (exact) mass is 379 g/mol. The van der Waals surface area contributed by atoms with Crippen molar-refractivity contribution in [3.8, 4) is 11.5 Å². The van der Waals surface area contributed by atoms with Crippen LogP contribution in [0.4, 0.5) is 11.5 Å². The van der Waals surface area contributed by atoms with E-state index < -0.39 is 5.25 Å². The third-order valence-corrected chi connectivity index (χ3v) is 4.54. The molecule has 9 heteroatoms. The van der Waals surface area contributed by atoms with Crippen molar-refractivity contribution in [3.05, 3.63) is 30.0 Å². The Morgan fingerprint density at radius 1 is 1.23 bits per heavy atom. The van der Waals surface area contributed by atoms with Gasteiger partial charge in [0.2, 0.25) is 11.8 Å². The number of ether oxygens (including phenoxy) is 2. The van der Waals surface area contributed by atoms with Gasteiger partial charge in [0, 0.05) is 12.1 Å². The van der Waals surface area contributed by atoms with Crippen LogP contribution in [0, 0.1) is 6.92 Å². The fraction of sp³-hybridized carbons (Fsp3) is 0.353. The molecule has 2 aromatic rings. The number of rotatable bonds is 8. The van der Waals surface area contributed by atoms with Gasteiger partial charge in [-0.05, 0) is 26.0 Å². The number of hydrogen-bond donors (Lipinski definition) is 2. The van der Waals surface area contributed by atoms with Gasteiger partial charge in [0.1, 0.15) is 17.3 Å². The highest BCUT2D eigenvalue weighted by Gasteiger charge is 2.17. The van der Waals surface area contributed by atoms with Gasteiger partial charge in [-0.3, -0.25) is 9.59 Å². The first kappa shape index (κ1) is 19.6. The van der Waals surface area contributed by atoms with E-state index in [1.54, 1.807) is 45.2 Å². The van der Waals surface area contributed by atoms with Gasteiger partial charge in [0.25, 0.3) is 0 Å². The van der Waals surface area contributed by atoms with Crippen LogP contribution in [-0.4, -0.2) is 42.2 Å². The van der Waals surface area contributed by atoms with Gasteiger partial charge in [-0.25, -0.2) is 0 Å². The molecule has 0 spiro atoms. The first-order chi connectivity index (χ1) is 12.4. The fourth-order valence-corrected chi connectivity index (χ4v) is 2.70. The normalized spacial score (nSPS) is 11.5. The predicted molar refractivity (Wildman–Crippen MR) is 100.0 cm³/mol. The highest BCUT2D eigenvalue weighted by atomic mass is 32.2. The zero-order valence-electron chi connectivity index (χ0n) is 15.0. The summed E-state index contributed by atoms with van der Waals surface area (Å²) in [5, 5.41) is 8.67. The molecule has 1 atom stereocenters. The molecule has 2 amide bonds. The smallest absolute Gasteiger partial charge is 0.238 e. The van der Waals surface area contributed by atoms with E-state index in [4.69, 9.17) is 14.0 Å². The van der Waals surface area contributed by atoms with Crippen molar-refractivity contribution in [2.45, 2.75) is 19.1 Å². The molecular formula is C17H21N3O5S. The van der Waals surface area contributed by atoms with Gasteiger partial charge in [0.15, 0.2) is 5.82 Å². The third kappa shape index (κ3) is 5.41. The number of carbonyl (C=O) groups is 2. The minimum absolute atomic E-state index is 0.113. The average molecular weight is 379 g/mol. The molecule has 0 aliphatic carbocycles. The molecule has 8 nitrogen and oxygen atoms in total. The lowest BCUT2D eigenvalue weighted by molar-refractivity contribution is -0.115. The number of benzene rings is 1. The van der Waals surface area contributed by atoms with E-state index in [0.29, 0.717) is 28.8 Å². The topological polar surface area (TPSA) is 103 Å². The molecule has 0 radical (unpaired) electrons. The molecule has 2 rings (SSSR count). The standard InChI is InChI=1S/C17H21N3O5S/c1-10-7-15(20-25-10)19-17(22)11(2)26-9-16(21)18-13-6-5-12(23-3)8-14(13)24-4/h5-8,11H,9H2,1-4H3,(H,18,21)(H,19,20,22)/t11-/m1/s1. The van der Waals surface area contributed by atoms with Crippen LogP contribution in [0.25, 0.3) is 0 Å². The number of amides is 2. The van der Waals surface area contributed by atoms with Gasteiger partial charge < -0.3 is 24.6 Å². The molecule has 1 aromatic heterocycles. The van der Waals surface area contributed by atoms with Crippen molar-refractivity contribution in [2.75, 3.05) is 30.6 Å². The van der Waals surface area contributed by atoms with Crippen LogP contribution < -0.4 is 20.1 Å². The summed E-state index contributed by atoms with van der Waals surface area (Å²) in [6.07, 6.45) is 0. The average Bonchev–Trinajstić information content (AvgIpc) is 3.04. The van der Waals surface area contributed by atoms with Crippen LogP contribution in [-0.2, 0) is 9.59 Å². The van der Waals surface area contributed by atoms with E-state index >= 15 is 0 Å². The molecular weight excluding hydrogens is 358 g/mol. The van der Waals surface area contributed by atoms with Crippen molar-refractivity contribution in [1.29, 1.82) is 0 Å². The molecule has 140 valence electrons. The number of methoxy groups -OCH3 is 2. The molecule has 1 heterocycles. The summed E-state index contributed by atoms with van der Waals surface area (Å²) in [7, 11) is 3.06. The Bertz CT molecular complexity index is 778. The number of hydrogen-bond acceptors (Lipinski definition) is 7. The molecule has 0 aliphatic heterocycles. The van der Waals surface area contributed by atoms with Crippen molar-refractivity contribution < 1.29 is 23.6 Å². The Labute approximate surface area is 155 Å². The van der Waals surface area contributed by atoms with Crippen LogP contribution in [0.3, 0.4) is 0 Å². The van der Waals surface area contributed by atoms with Crippen molar-refractivity contribution in [3.63, 3.8) is 0 Å². The Hall–Kier alpha value is -2.68. The van der Waals surface area contributed by atoms with E-state index in [9.17, 15) is 9.59 Å². The minimum atomic E-state index is -0.435. The number of anilines is 2. The molecule has 0 fully saturated rings. The number of thioether (sulfide) groups is 1. The molecule has 1 aromatic carbocycles. The Morgan fingerprint density at radius 2 is 2.00 bits per heavy atom. The first-order valence-electron chi connectivity index (χ1n) is 7.80. The SMILES string of the molecule is COc1ccc(NC(=O)CS[C@H](C)C(=O)Nc2cc(C)on2)c(OC)c1. The quantitative estimate of drug-likeness (QED) is 0.727. The van der Waals surface area contributed by atoms with E-state index in [2.05, 4.69) is 15.8 Å². The highest BCUT2D eigenvalue weighted by Crippen LogP contribution is 2.29. The Kier molecular flexibility index (Phi) is 6.90. The molecule has 26 heavy (non-hydrogen) atoms. The highest BCUT2D eigenvalue weighted by molar-refractivity contribution is 8.01. The Balaban J connectivity index is 1.85. The summed E-state index contributed by atoms with van der Waals surface area (Å²) in [6.45, 7) is 3.45. The van der Waals surface area contributed by atoms with E-state index in [0.717, 1.165) is 0 Å². The molecule has 0 bridgehead atoms. The van der Waals surface area contributed by atoms with Crippen LogP contribution in [0.1, 0.15) is 12.7 Å². The first-order valence-corrected chi connectivity index (χ1v) is 8.85. The third-order valence-electron chi connectivity index (χ3n) is 3.40. The van der Waals surface area contributed by atoms with Crippen molar-refractivity contribution in [1.82, 2.24) is 5.16 Å². The van der Waals surface area contributed by atoms with E-state index in [-0.39, 0.29) is 17.6 Å². The largest absolute Gasteiger partial charge is 0.497 e. The maximum absolute atomic E-state index is 12.1. The lowest BCUT2D eigenvalue weighted by atomic mass is 10.2. The summed E-state index contributed by atoms with van der Waals surface area (Å²) in [5.74, 6) is 1.70. The van der Waals surface area contributed by atoms with E-state index in [1.807, 2.05) is 0 Å². The zero-order valence-corrected chi connectivity index (χ0v) is 15.8. The number of nitrogens with one attached hydrogen (secondary N) is 2. The summed E-state index contributed by atoms with van der Waals surface area (Å²) in [4.78, 5) is 24.2. The van der Waals surface area contributed by atoms with Crippen molar-refractivity contribution in [2.24, 2.45) is 0 Å². The van der Waals surface area contributed by atoms with Crippen LogP contribution in [0.5, 0.6) is 11.5 Å². The van der Waals surface area contributed by atoms with E-state index in [1.165, 1.54) is 18.9 Å². The fourth-order valence-electron chi connectivity index (χ4n) is 2.02. The number of nitrogens with zero attached hydrogens (tertiary/aromatic N) is 1. The van der Waals surface area contributed by atoms with Gasteiger partial charge in [-0.2, -0.15) is 0 Å². The lowest BCUT2D eigenvalue weighted by Crippen LogP contribution is -2.25. The van der Waals surface area contributed by atoms with Gasteiger partial charge in [-0.1, -0.05) is 5.16 Å². The second-order valence-electron chi connectivity index (χ2n) is 5.38. The second-order valence-corrected chi connectivity index (χ2v) is 6.71. The van der Waals surface area contributed by atoms with Crippen LogP contribution in [0.2, 0.25) is 0 Å². The maximum atomic E-state index is 12.1. The Morgan fingerprint density at radius 3 is 2.62 bits per heavy atom. The molecule has 0 unspecified atom stereocenters. The number of aromatic nitrogens is 1. The zero-order chi connectivity index (χ0) is 19.1. The molecule has 0 aliphatic rings. The lowest BCUT2D eigenvalue weighted by Gasteiger charge is -2.13. The molecule has 0 saturated heterocycles. The maximum Gasteiger partial charge on any atom is 0.238 e. The summed E-state index contributed by atoms with van der Waals surface area (Å²) in [5.41, 5.74) is 0.536. The number of carbonyl (C=O) groups excluding carboxylic acids is 2. The van der Waals surface area contributed by atoms with Crippen LogP contribution in [0.15, 0.2) is 28.8 Å². The summed E-state index contributed by atoms with van der Waals surface area (Å²) in [6, 6.07) is 6.72. The van der Waals surface area contributed by atoms with Gasteiger partial charge in [0.05, 0.1) is 30.9 Å². The van der Waals surface area contributed by atoms with Gasteiger partial charge >= 0.3 is 0 Å².